The van der Waals surface area contributed by atoms with Crippen molar-refractivity contribution in [2.24, 2.45) is 11.7 Å². The second-order valence-corrected chi connectivity index (χ2v) is 4.97. The summed E-state index contributed by atoms with van der Waals surface area (Å²) in [5.41, 5.74) is 5.58. The molecule has 19 heavy (non-hydrogen) atoms. The summed E-state index contributed by atoms with van der Waals surface area (Å²) >= 11 is 0. The first-order valence-electron chi connectivity index (χ1n) is 6.53. The molecule has 0 saturated heterocycles. The monoisotopic (exact) mass is 272 g/mol. The van der Waals surface area contributed by atoms with Crippen molar-refractivity contribution in [1.82, 2.24) is 4.90 Å². The molecule has 2 atom stereocenters. The number of ketones is 1. The molecule has 0 bridgehead atoms. The van der Waals surface area contributed by atoms with Crippen LogP contribution in [-0.4, -0.2) is 46.3 Å². The Morgan fingerprint density at radius 2 is 1.74 bits per heavy atom. The summed E-state index contributed by atoms with van der Waals surface area (Å²) in [6.07, 6.45) is 0.253. The van der Waals surface area contributed by atoms with Crippen molar-refractivity contribution in [2.75, 3.05) is 6.54 Å². The molecule has 6 heteroatoms. The van der Waals surface area contributed by atoms with Crippen molar-refractivity contribution in [3.63, 3.8) is 0 Å². The summed E-state index contributed by atoms with van der Waals surface area (Å²) in [6.45, 7) is 7.47. The number of aliphatic carboxylic acids is 1. The molecule has 0 spiro atoms. The van der Waals surface area contributed by atoms with Gasteiger partial charge < -0.3 is 15.7 Å². The lowest BCUT2D eigenvalue weighted by Crippen LogP contribution is -2.51. The molecule has 0 radical (unpaired) electrons. The van der Waals surface area contributed by atoms with Gasteiger partial charge in [-0.1, -0.05) is 20.8 Å². The van der Waals surface area contributed by atoms with Crippen LogP contribution in [0.3, 0.4) is 0 Å². The fourth-order valence-corrected chi connectivity index (χ4v) is 1.86. The van der Waals surface area contributed by atoms with Gasteiger partial charge in [-0.05, 0) is 13.3 Å². The van der Waals surface area contributed by atoms with Gasteiger partial charge in [0, 0.05) is 12.5 Å². The van der Waals surface area contributed by atoms with E-state index in [1.54, 1.807) is 20.8 Å². The van der Waals surface area contributed by atoms with Crippen molar-refractivity contribution in [3.8, 4) is 0 Å². The highest BCUT2D eigenvalue weighted by atomic mass is 16.4. The van der Waals surface area contributed by atoms with Crippen molar-refractivity contribution < 1.29 is 19.5 Å². The first kappa shape index (κ1) is 17.6. The van der Waals surface area contributed by atoms with E-state index in [1.165, 1.54) is 4.90 Å². The smallest absolute Gasteiger partial charge is 0.305 e. The van der Waals surface area contributed by atoms with Crippen molar-refractivity contribution in [1.29, 1.82) is 0 Å². The molecule has 0 unspecified atom stereocenters. The number of hydrogen-bond donors (Lipinski definition) is 2. The minimum Gasteiger partial charge on any atom is -0.481 e. The van der Waals surface area contributed by atoms with Crippen LogP contribution in [0.1, 0.15) is 40.5 Å². The van der Waals surface area contributed by atoms with Gasteiger partial charge in [0.25, 0.3) is 0 Å². The highest BCUT2D eigenvalue weighted by molar-refractivity contribution is 5.92. The maximum absolute atomic E-state index is 12.1. The molecule has 3 N–H and O–H groups in total. The highest BCUT2D eigenvalue weighted by Gasteiger charge is 2.30. The summed E-state index contributed by atoms with van der Waals surface area (Å²) in [5, 5.41) is 8.66. The van der Waals surface area contributed by atoms with Gasteiger partial charge >= 0.3 is 5.97 Å². The second kappa shape index (κ2) is 7.89. The standard InChI is InChI=1S/C13H24N2O4/c1-5-6-15(9(4)12(18)8(2)3)13(19)10(14)7-11(16)17/h8-10H,5-7,14H2,1-4H3,(H,16,17)/t9-,10-/m0/s1. The third-order valence-corrected chi connectivity index (χ3v) is 2.91. The number of carboxylic acids is 1. The molecule has 0 aliphatic heterocycles. The molecule has 6 nitrogen and oxygen atoms in total. The van der Waals surface area contributed by atoms with Gasteiger partial charge in [0.05, 0.1) is 18.5 Å². The molecule has 0 rings (SSSR count). The Labute approximate surface area is 113 Å². The quantitative estimate of drug-likeness (QED) is 0.675. The average molecular weight is 272 g/mol. The Bertz CT molecular complexity index is 342. The number of nitrogens with zero attached hydrogens (tertiary/aromatic N) is 1. The Morgan fingerprint density at radius 1 is 1.21 bits per heavy atom. The van der Waals surface area contributed by atoms with Crippen molar-refractivity contribution >= 4 is 17.7 Å². The van der Waals surface area contributed by atoms with E-state index >= 15 is 0 Å². The lowest BCUT2D eigenvalue weighted by Gasteiger charge is -2.31. The van der Waals surface area contributed by atoms with Gasteiger partial charge in [-0.3, -0.25) is 14.4 Å². The summed E-state index contributed by atoms with van der Waals surface area (Å²) in [7, 11) is 0. The molecule has 110 valence electrons. The molecule has 0 saturated carbocycles. The van der Waals surface area contributed by atoms with E-state index in [4.69, 9.17) is 10.8 Å². The number of rotatable bonds is 8. The first-order valence-corrected chi connectivity index (χ1v) is 6.53. The van der Waals surface area contributed by atoms with E-state index in [9.17, 15) is 14.4 Å². The van der Waals surface area contributed by atoms with E-state index in [2.05, 4.69) is 0 Å². The summed E-state index contributed by atoms with van der Waals surface area (Å²) < 4.78 is 0. The van der Waals surface area contributed by atoms with Crippen LogP contribution >= 0.6 is 0 Å². The van der Waals surface area contributed by atoms with Gasteiger partial charge in [0.2, 0.25) is 5.91 Å². The van der Waals surface area contributed by atoms with Crippen LogP contribution in [0.4, 0.5) is 0 Å². The maximum Gasteiger partial charge on any atom is 0.305 e. The van der Waals surface area contributed by atoms with E-state index in [0.717, 1.165) is 0 Å². The normalized spacial score (nSPS) is 14.0. The third-order valence-electron chi connectivity index (χ3n) is 2.91. The molecular weight excluding hydrogens is 248 g/mol. The van der Waals surface area contributed by atoms with Crippen LogP contribution in [0.2, 0.25) is 0 Å². The Kier molecular flexibility index (Phi) is 7.29. The van der Waals surface area contributed by atoms with E-state index in [0.29, 0.717) is 13.0 Å². The van der Waals surface area contributed by atoms with Crippen LogP contribution in [0, 0.1) is 5.92 Å². The Morgan fingerprint density at radius 3 is 2.11 bits per heavy atom. The maximum atomic E-state index is 12.1. The van der Waals surface area contributed by atoms with Gasteiger partial charge in [0.15, 0.2) is 5.78 Å². The number of carbonyl (C=O) groups is 3. The minimum atomic E-state index is -1.12. The number of amides is 1. The van der Waals surface area contributed by atoms with Crippen LogP contribution < -0.4 is 5.73 Å². The van der Waals surface area contributed by atoms with Crippen LogP contribution in [0.5, 0.6) is 0 Å². The van der Waals surface area contributed by atoms with Gasteiger partial charge in [-0.15, -0.1) is 0 Å². The molecule has 0 aliphatic rings. The second-order valence-electron chi connectivity index (χ2n) is 4.97. The van der Waals surface area contributed by atoms with Crippen molar-refractivity contribution in [3.05, 3.63) is 0 Å². The molecule has 0 aromatic rings. The van der Waals surface area contributed by atoms with Gasteiger partial charge in [-0.2, -0.15) is 0 Å². The lowest BCUT2D eigenvalue weighted by atomic mass is 10.0. The number of nitrogens with two attached hydrogens (primary N) is 1. The lowest BCUT2D eigenvalue weighted by molar-refractivity contribution is -0.145. The zero-order valence-electron chi connectivity index (χ0n) is 12.0. The summed E-state index contributed by atoms with van der Waals surface area (Å²) in [5.74, 6) is -1.84. The zero-order valence-corrected chi connectivity index (χ0v) is 12.0. The highest BCUT2D eigenvalue weighted by Crippen LogP contribution is 2.10. The van der Waals surface area contributed by atoms with E-state index in [-0.39, 0.29) is 11.7 Å². The molecule has 0 aromatic carbocycles. The fourth-order valence-electron chi connectivity index (χ4n) is 1.86. The predicted molar refractivity (Wildman–Crippen MR) is 71.5 cm³/mol. The van der Waals surface area contributed by atoms with E-state index < -0.39 is 30.4 Å². The molecule has 0 aromatic heterocycles. The number of hydrogen-bond acceptors (Lipinski definition) is 4. The fraction of sp³-hybridized carbons (Fsp3) is 0.769. The molecule has 0 aliphatic carbocycles. The van der Waals surface area contributed by atoms with Crippen LogP contribution in [-0.2, 0) is 14.4 Å². The Hall–Kier alpha value is -1.43. The van der Waals surface area contributed by atoms with Gasteiger partial charge in [-0.25, -0.2) is 0 Å². The van der Waals surface area contributed by atoms with Crippen LogP contribution in [0.25, 0.3) is 0 Å². The topological polar surface area (TPSA) is 101 Å². The zero-order chi connectivity index (χ0) is 15.2. The first-order chi connectivity index (χ1) is 8.72. The molecule has 0 fully saturated rings. The molecular formula is C13H24N2O4. The summed E-state index contributed by atoms with van der Waals surface area (Å²) in [6, 6.07) is -1.68. The summed E-state index contributed by atoms with van der Waals surface area (Å²) in [4.78, 5) is 36.1. The van der Waals surface area contributed by atoms with Gasteiger partial charge in [0.1, 0.15) is 0 Å². The molecule has 1 amide bonds. The SMILES string of the molecule is CCCN(C(=O)[C@@H](N)CC(=O)O)[C@@H](C)C(=O)C(C)C. The van der Waals surface area contributed by atoms with Crippen LogP contribution in [0.15, 0.2) is 0 Å². The average Bonchev–Trinajstić information content (AvgIpc) is 2.32. The largest absolute Gasteiger partial charge is 0.481 e. The number of carbonyl (C=O) groups excluding carboxylic acids is 2. The minimum absolute atomic E-state index is 0.0516. The number of Topliss-reactive ketones (excluding diaryl/α,β-unsaturated/α-hetero) is 1. The Balaban J connectivity index is 4.93. The molecule has 0 heterocycles. The third kappa shape index (κ3) is 5.38. The predicted octanol–water partition coefficient (Wildman–Crippen LogP) is 0.641. The number of carboxylic acid groups (broad SMARTS) is 1. The van der Waals surface area contributed by atoms with Crippen molar-refractivity contribution in [2.45, 2.75) is 52.6 Å². The van der Waals surface area contributed by atoms with E-state index in [1.807, 2.05) is 6.92 Å².